The molecule has 1 atom stereocenters. The molecule has 0 spiro atoms. The van der Waals surface area contributed by atoms with Crippen molar-refractivity contribution in [3.8, 4) is 6.07 Å². The van der Waals surface area contributed by atoms with Crippen LogP contribution in [0.15, 0.2) is 4.99 Å². The Morgan fingerprint density at radius 1 is 1.13 bits per heavy atom. The van der Waals surface area contributed by atoms with Gasteiger partial charge in [-0.15, -0.1) is 0 Å². The summed E-state index contributed by atoms with van der Waals surface area (Å²) in [5, 5.41) is 16.1. The number of carbonyl (C=O) groups excluding carboxylic acids is 2. The van der Waals surface area contributed by atoms with Crippen molar-refractivity contribution in [3.63, 3.8) is 0 Å². The summed E-state index contributed by atoms with van der Waals surface area (Å²) in [5.74, 6) is 0.500. The van der Waals surface area contributed by atoms with Crippen molar-refractivity contribution in [2.24, 2.45) is 16.3 Å². The van der Waals surface area contributed by atoms with Gasteiger partial charge in [0.15, 0.2) is 0 Å². The van der Waals surface area contributed by atoms with Crippen molar-refractivity contribution in [1.82, 2.24) is 20.4 Å². The lowest BCUT2D eigenvalue weighted by Crippen LogP contribution is -2.57. The van der Waals surface area contributed by atoms with Crippen LogP contribution in [0.25, 0.3) is 0 Å². The van der Waals surface area contributed by atoms with E-state index in [4.69, 9.17) is 14.5 Å². The van der Waals surface area contributed by atoms with Crippen LogP contribution in [0.1, 0.15) is 85.5 Å². The number of likely N-dealkylation sites (tertiary alicyclic amines) is 1. The second-order valence-electron chi connectivity index (χ2n) is 12.6. The van der Waals surface area contributed by atoms with Crippen LogP contribution in [0.5, 0.6) is 0 Å². The number of nitrogens with one attached hydrogen (secondary N) is 2. The zero-order chi connectivity index (χ0) is 28.3. The normalized spacial score (nSPS) is 22.0. The molecule has 3 aliphatic rings. The largest absolute Gasteiger partial charge is 0.449 e. The first-order valence-electron chi connectivity index (χ1n) is 14.9. The van der Waals surface area contributed by atoms with Gasteiger partial charge in [-0.25, -0.2) is 9.79 Å². The summed E-state index contributed by atoms with van der Waals surface area (Å²) in [6.07, 6.45) is 7.97. The molecule has 3 rings (SSSR count). The van der Waals surface area contributed by atoms with Gasteiger partial charge in [0.2, 0.25) is 11.9 Å². The highest BCUT2D eigenvalue weighted by atomic mass is 16.5. The molecule has 10 heteroatoms. The van der Waals surface area contributed by atoms with Gasteiger partial charge in [0.05, 0.1) is 25.9 Å². The number of aliphatic imine (C=N–C) groups is 1. The maximum absolute atomic E-state index is 13.8. The molecule has 1 saturated carbocycles. The summed E-state index contributed by atoms with van der Waals surface area (Å²) in [6.45, 7) is 13.2. The molecule has 0 unspecified atom stereocenters. The van der Waals surface area contributed by atoms with Gasteiger partial charge in [0, 0.05) is 26.2 Å². The van der Waals surface area contributed by atoms with E-state index in [-0.39, 0.29) is 17.9 Å². The zero-order valence-electron chi connectivity index (χ0n) is 24.6. The molecule has 2 saturated heterocycles. The SMILES string of the molecule is CCCN1CCC(C#N)(NC(=O)[C@H](CC2CCCCC2)N=C(NC(=O)OCC(C)(C)C)N2CCOCC2)CC1. The first-order chi connectivity index (χ1) is 18.6. The number of piperidine rings is 1. The van der Waals surface area contributed by atoms with Gasteiger partial charge >= 0.3 is 6.09 Å². The first kappa shape index (κ1) is 31.2. The lowest BCUT2D eigenvalue weighted by Gasteiger charge is -2.38. The average molecular weight is 547 g/mol. The highest BCUT2D eigenvalue weighted by Gasteiger charge is 2.38. The Balaban J connectivity index is 1.81. The third-order valence-corrected chi connectivity index (χ3v) is 7.85. The second-order valence-corrected chi connectivity index (χ2v) is 12.6. The Labute approximate surface area is 234 Å². The van der Waals surface area contributed by atoms with E-state index in [1.807, 2.05) is 25.7 Å². The van der Waals surface area contributed by atoms with Gasteiger partial charge in [-0.1, -0.05) is 59.8 Å². The van der Waals surface area contributed by atoms with Crippen molar-refractivity contribution in [3.05, 3.63) is 0 Å². The minimum Gasteiger partial charge on any atom is -0.449 e. The molecular weight excluding hydrogens is 496 g/mol. The van der Waals surface area contributed by atoms with Crippen LogP contribution in [0.4, 0.5) is 4.79 Å². The lowest BCUT2D eigenvalue weighted by molar-refractivity contribution is -0.124. The Morgan fingerprint density at radius 2 is 1.79 bits per heavy atom. The molecule has 0 aromatic carbocycles. The number of nitrogens with zero attached hydrogens (tertiary/aromatic N) is 4. The van der Waals surface area contributed by atoms with E-state index in [0.29, 0.717) is 57.4 Å². The van der Waals surface area contributed by atoms with Crippen molar-refractivity contribution in [2.75, 3.05) is 52.5 Å². The smallest absolute Gasteiger partial charge is 0.413 e. The summed E-state index contributed by atoms with van der Waals surface area (Å²) in [5.41, 5.74) is -1.06. The molecular formula is C29H50N6O4. The summed E-state index contributed by atoms with van der Waals surface area (Å²) in [7, 11) is 0. The van der Waals surface area contributed by atoms with E-state index in [1.54, 1.807) is 0 Å². The Morgan fingerprint density at radius 3 is 2.38 bits per heavy atom. The van der Waals surface area contributed by atoms with Crippen LogP contribution < -0.4 is 10.6 Å². The fourth-order valence-electron chi connectivity index (χ4n) is 5.54. The van der Waals surface area contributed by atoms with Gasteiger partial charge in [0.1, 0.15) is 11.6 Å². The van der Waals surface area contributed by atoms with Gasteiger partial charge in [0.25, 0.3) is 0 Å². The zero-order valence-corrected chi connectivity index (χ0v) is 24.6. The topological polar surface area (TPSA) is 119 Å². The number of ether oxygens (including phenoxy) is 2. The second kappa shape index (κ2) is 14.8. The monoisotopic (exact) mass is 546 g/mol. The minimum absolute atomic E-state index is 0.171. The van der Waals surface area contributed by atoms with Crippen molar-refractivity contribution in [1.29, 1.82) is 5.26 Å². The molecule has 2 aliphatic heterocycles. The summed E-state index contributed by atoms with van der Waals surface area (Å²) in [4.78, 5) is 35.8. The molecule has 0 aromatic heterocycles. The van der Waals surface area contributed by atoms with Crippen LogP contribution >= 0.6 is 0 Å². The Kier molecular flexibility index (Phi) is 11.9. The number of carbonyl (C=O) groups is 2. The molecule has 220 valence electrons. The van der Waals surface area contributed by atoms with Crippen molar-refractivity contribution < 1.29 is 19.1 Å². The van der Waals surface area contributed by atoms with Crippen LogP contribution in [0.3, 0.4) is 0 Å². The van der Waals surface area contributed by atoms with Crippen LogP contribution in [0.2, 0.25) is 0 Å². The fraction of sp³-hybridized carbons (Fsp3) is 0.862. The van der Waals surface area contributed by atoms with E-state index in [0.717, 1.165) is 51.7 Å². The number of morpholine rings is 1. The van der Waals surface area contributed by atoms with E-state index in [1.165, 1.54) is 6.42 Å². The molecule has 2 N–H and O–H groups in total. The van der Waals surface area contributed by atoms with E-state index in [9.17, 15) is 14.9 Å². The fourth-order valence-corrected chi connectivity index (χ4v) is 5.54. The van der Waals surface area contributed by atoms with E-state index >= 15 is 0 Å². The van der Waals surface area contributed by atoms with Gasteiger partial charge in [-0.2, -0.15) is 5.26 Å². The van der Waals surface area contributed by atoms with Crippen LogP contribution in [-0.4, -0.2) is 91.9 Å². The molecule has 0 bridgehead atoms. The van der Waals surface area contributed by atoms with Gasteiger partial charge in [-0.3, -0.25) is 10.1 Å². The van der Waals surface area contributed by atoms with Crippen LogP contribution in [-0.2, 0) is 14.3 Å². The molecule has 1 aliphatic carbocycles. The highest BCUT2D eigenvalue weighted by Crippen LogP contribution is 2.29. The molecule has 2 heterocycles. The predicted molar refractivity (Wildman–Crippen MR) is 151 cm³/mol. The predicted octanol–water partition coefficient (Wildman–Crippen LogP) is 3.67. The maximum Gasteiger partial charge on any atom is 0.413 e. The summed E-state index contributed by atoms with van der Waals surface area (Å²) in [6, 6.07) is 1.72. The minimum atomic E-state index is -0.889. The lowest BCUT2D eigenvalue weighted by atomic mass is 9.84. The molecule has 0 aromatic rings. The number of guanidine groups is 1. The third kappa shape index (κ3) is 10.3. The maximum atomic E-state index is 13.8. The number of amides is 2. The Bertz CT molecular complexity index is 860. The number of alkyl carbamates (subject to hydrolysis) is 1. The average Bonchev–Trinajstić information content (AvgIpc) is 2.93. The first-order valence-corrected chi connectivity index (χ1v) is 14.9. The third-order valence-electron chi connectivity index (χ3n) is 7.85. The van der Waals surface area contributed by atoms with Crippen molar-refractivity contribution in [2.45, 2.75) is 97.1 Å². The van der Waals surface area contributed by atoms with Crippen molar-refractivity contribution >= 4 is 18.0 Å². The highest BCUT2D eigenvalue weighted by molar-refractivity contribution is 5.96. The summed E-state index contributed by atoms with van der Waals surface area (Å²) >= 11 is 0. The number of nitriles is 1. The molecule has 2 amide bonds. The molecule has 39 heavy (non-hydrogen) atoms. The van der Waals surface area contributed by atoms with E-state index in [2.05, 4.69) is 28.5 Å². The molecule has 10 nitrogen and oxygen atoms in total. The van der Waals surface area contributed by atoms with Gasteiger partial charge < -0.3 is 24.6 Å². The number of hydrogen-bond donors (Lipinski definition) is 2. The Hall–Kier alpha value is -2.38. The standard InChI is InChI=1S/C29H50N6O4/c1-5-13-34-14-11-29(21-30,12-15-34)33-25(36)24(20-23-9-7-6-8-10-23)31-26(35-16-18-38-19-17-35)32-27(37)39-22-28(2,3)4/h23-24H,5-20,22H2,1-4H3,(H,33,36)(H,31,32,37)/t24-/m0/s1. The van der Waals surface area contributed by atoms with E-state index < -0.39 is 17.7 Å². The summed E-state index contributed by atoms with van der Waals surface area (Å²) < 4.78 is 11.0. The quantitative estimate of drug-likeness (QED) is 0.352. The number of rotatable bonds is 8. The van der Waals surface area contributed by atoms with Gasteiger partial charge in [-0.05, 0) is 43.6 Å². The van der Waals surface area contributed by atoms with Crippen LogP contribution in [0, 0.1) is 22.7 Å². The molecule has 3 fully saturated rings. The molecule has 0 radical (unpaired) electrons. The number of hydrogen-bond acceptors (Lipinski definition) is 7.